The van der Waals surface area contributed by atoms with Crippen molar-refractivity contribution in [1.82, 2.24) is 0 Å². The van der Waals surface area contributed by atoms with Crippen molar-refractivity contribution in [2.45, 2.75) is 45.4 Å². The molecule has 0 aliphatic rings. The molecule has 0 amide bonds. The lowest BCUT2D eigenvalue weighted by Crippen LogP contribution is -1.88. The molecule has 0 spiro atoms. The highest BCUT2D eigenvalue weighted by Gasteiger charge is 1.84. The standard InChI is InChI=1S/C11H20O2/c1-2-3-4-5-6-7-8-9-10-13-11-12/h7-8,11H,2-6,9-10H2,1H3. The second-order valence-corrected chi connectivity index (χ2v) is 3.08. The molecular formula is C11H20O2. The van der Waals surface area contributed by atoms with Crippen LogP contribution in [0.15, 0.2) is 12.2 Å². The summed E-state index contributed by atoms with van der Waals surface area (Å²) in [5, 5.41) is 0. The van der Waals surface area contributed by atoms with Crippen LogP contribution in [-0.4, -0.2) is 13.1 Å². The minimum atomic E-state index is 0.495. The summed E-state index contributed by atoms with van der Waals surface area (Å²) in [5.74, 6) is 0. The van der Waals surface area contributed by atoms with Crippen LogP contribution in [0.1, 0.15) is 45.4 Å². The number of carbonyl (C=O) groups is 1. The van der Waals surface area contributed by atoms with Gasteiger partial charge in [0.1, 0.15) is 0 Å². The van der Waals surface area contributed by atoms with E-state index in [2.05, 4.69) is 23.8 Å². The summed E-state index contributed by atoms with van der Waals surface area (Å²) in [6.45, 7) is 3.22. The van der Waals surface area contributed by atoms with Gasteiger partial charge in [0.25, 0.3) is 6.47 Å². The van der Waals surface area contributed by atoms with Gasteiger partial charge >= 0.3 is 0 Å². The summed E-state index contributed by atoms with van der Waals surface area (Å²) in [6, 6.07) is 0. The van der Waals surface area contributed by atoms with Crippen LogP contribution in [-0.2, 0) is 9.53 Å². The van der Waals surface area contributed by atoms with Gasteiger partial charge in [0, 0.05) is 0 Å². The van der Waals surface area contributed by atoms with E-state index >= 15 is 0 Å². The topological polar surface area (TPSA) is 26.3 Å². The van der Waals surface area contributed by atoms with Gasteiger partial charge in [-0.25, -0.2) is 0 Å². The smallest absolute Gasteiger partial charge is 0.293 e. The molecule has 0 aromatic carbocycles. The maximum atomic E-state index is 9.77. The molecule has 0 atom stereocenters. The number of hydrogen-bond donors (Lipinski definition) is 0. The summed E-state index contributed by atoms with van der Waals surface area (Å²) in [4.78, 5) is 9.77. The SMILES string of the molecule is CCCCCCC=CCCOC=O. The second kappa shape index (κ2) is 11.2. The number of carbonyl (C=O) groups excluding carboxylic acids is 1. The Labute approximate surface area is 81.0 Å². The molecule has 0 fully saturated rings. The van der Waals surface area contributed by atoms with E-state index in [4.69, 9.17) is 0 Å². The van der Waals surface area contributed by atoms with Gasteiger partial charge < -0.3 is 4.74 Å². The predicted octanol–water partition coefficient (Wildman–Crippen LogP) is 3.08. The van der Waals surface area contributed by atoms with Gasteiger partial charge in [0.05, 0.1) is 6.61 Å². The van der Waals surface area contributed by atoms with E-state index in [1.165, 1.54) is 25.7 Å². The van der Waals surface area contributed by atoms with Crippen molar-refractivity contribution in [3.63, 3.8) is 0 Å². The molecule has 0 heterocycles. The first-order valence-electron chi connectivity index (χ1n) is 5.12. The average Bonchev–Trinajstić information content (AvgIpc) is 2.16. The van der Waals surface area contributed by atoms with E-state index in [9.17, 15) is 4.79 Å². The molecular weight excluding hydrogens is 164 g/mol. The number of ether oxygens (including phenoxy) is 1. The van der Waals surface area contributed by atoms with E-state index in [0.29, 0.717) is 13.1 Å². The maximum Gasteiger partial charge on any atom is 0.293 e. The Balaban J connectivity index is 2.98. The molecule has 0 saturated carbocycles. The highest BCUT2D eigenvalue weighted by Crippen LogP contribution is 2.02. The van der Waals surface area contributed by atoms with Crippen molar-refractivity contribution in [2.24, 2.45) is 0 Å². The Hall–Kier alpha value is -0.790. The first kappa shape index (κ1) is 12.2. The Morgan fingerprint density at radius 3 is 2.54 bits per heavy atom. The van der Waals surface area contributed by atoms with E-state index in [-0.39, 0.29) is 0 Å². The molecule has 0 saturated heterocycles. The molecule has 0 radical (unpaired) electrons. The largest absolute Gasteiger partial charge is 0.468 e. The van der Waals surface area contributed by atoms with Crippen LogP contribution in [0, 0.1) is 0 Å². The van der Waals surface area contributed by atoms with Crippen LogP contribution in [0.25, 0.3) is 0 Å². The summed E-state index contributed by atoms with van der Waals surface area (Å²) >= 11 is 0. The zero-order valence-electron chi connectivity index (χ0n) is 8.50. The first-order valence-corrected chi connectivity index (χ1v) is 5.12. The lowest BCUT2D eigenvalue weighted by molar-refractivity contribution is -0.128. The van der Waals surface area contributed by atoms with Crippen molar-refractivity contribution >= 4 is 6.47 Å². The minimum absolute atomic E-state index is 0.495. The van der Waals surface area contributed by atoms with Gasteiger partial charge in [0.15, 0.2) is 0 Å². The molecule has 13 heavy (non-hydrogen) atoms. The van der Waals surface area contributed by atoms with E-state index in [1.807, 2.05) is 0 Å². The molecule has 76 valence electrons. The minimum Gasteiger partial charge on any atom is -0.468 e. The van der Waals surface area contributed by atoms with Crippen LogP contribution in [0.5, 0.6) is 0 Å². The van der Waals surface area contributed by atoms with Gasteiger partial charge in [-0.3, -0.25) is 4.79 Å². The van der Waals surface area contributed by atoms with Crippen LogP contribution in [0.3, 0.4) is 0 Å². The number of allylic oxidation sites excluding steroid dienone is 1. The maximum absolute atomic E-state index is 9.77. The van der Waals surface area contributed by atoms with Gasteiger partial charge in [-0.1, -0.05) is 38.3 Å². The average molecular weight is 184 g/mol. The molecule has 0 aromatic heterocycles. The van der Waals surface area contributed by atoms with Crippen molar-refractivity contribution < 1.29 is 9.53 Å². The molecule has 0 aromatic rings. The zero-order chi connectivity index (χ0) is 9.78. The first-order chi connectivity index (χ1) is 6.41. The molecule has 0 aliphatic carbocycles. The van der Waals surface area contributed by atoms with E-state index < -0.39 is 0 Å². The van der Waals surface area contributed by atoms with Gasteiger partial charge in [-0.05, 0) is 19.3 Å². The summed E-state index contributed by atoms with van der Waals surface area (Å²) in [6.07, 6.45) is 11.5. The van der Waals surface area contributed by atoms with Crippen LogP contribution >= 0.6 is 0 Å². The van der Waals surface area contributed by atoms with Crippen LogP contribution in [0.4, 0.5) is 0 Å². The summed E-state index contributed by atoms with van der Waals surface area (Å²) in [7, 11) is 0. The third-order valence-electron chi connectivity index (χ3n) is 1.86. The number of hydrogen-bond acceptors (Lipinski definition) is 2. The number of rotatable bonds is 9. The van der Waals surface area contributed by atoms with Crippen molar-refractivity contribution in [2.75, 3.05) is 6.61 Å². The molecule has 0 rings (SSSR count). The summed E-state index contributed by atoms with van der Waals surface area (Å²) < 4.78 is 4.55. The van der Waals surface area contributed by atoms with Gasteiger partial charge in [-0.2, -0.15) is 0 Å². The zero-order valence-corrected chi connectivity index (χ0v) is 8.50. The third kappa shape index (κ3) is 11.2. The Bertz CT molecular complexity index is 130. The lowest BCUT2D eigenvalue weighted by Gasteiger charge is -1.94. The second-order valence-electron chi connectivity index (χ2n) is 3.08. The van der Waals surface area contributed by atoms with Crippen molar-refractivity contribution in [3.05, 3.63) is 12.2 Å². The molecule has 2 heteroatoms. The highest BCUT2D eigenvalue weighted by atomic mass is 16.5. The van der Waals surface area contributed by atoms with E-state index in [1.54, 1.807) is 0 Å². The predicted molar refractivity (Wildman–Crippen MR) is 54.5 cm³/mol. The fraction of sp³-hybridized carbons (Fsp3) is 0.727. The van der Waals surface area contributed by atoms with Gasteiger partial charge in [-0.15, -0.1) is 0 Å². The Morgan fingerprint density at radius 1 is 1.08 bits per heavy atom. The number of unbranched alkanes of at least 4 members (excludes halogenated alkanes) is 4. The third-order valence-corrected chi connectivity index (χ3v) is 1.86. The van der Waals surface area contributed by atoms with Crippen LogP contribution < -0.4 is 0 Å². The highest BCUT2D eigenvalue weighted by molar-refractivity contribution is 5.36. The van der Waals surface area contributed by atoms with Gasteiger partial charge in [0.2, 0.25) is 0 Å². The normalized spacial score (nSPS) is 10.5. The monoisotopic (exact) mass is 184 g/mol. The molecule has 0 aliphatic heterocycles. The van der Waals surface area contributed by atoms with Crippen molar-refractivity contribution in [1.29, 1.82) is 0 Å². The fourth-order valence-corrected chi connectivity index (χ4v) is 1.11. The van der Waals surface area contributed by atoms with Crippen molar-refractivity contribution in [3.8, 4) is 0 Å². The fourth-order valence-electron chi connectivity index (χ4n) is 1.11. The summed E-state index contributed by atoms with van der Waals surface area (Å²) in [5.41, 5.74) is 0. The lowest BCUT2D eigenvalue weighted by atomic mass is 10.1. The Kier molecular flexibility index (Phi) is 10.5. The van der Waals surface area contributed by atoms with E-state index in [0.717, 1.165) is 12.8 Å². The molecule has 2 nitrogen and oxygen atoms in total. The van der Waals surface area contributed by atoms with Crippen LogP contribution in [0.2, 0.25) is 0 Å². The quantitative estimate of drug-likeness (QED) is 0.313. The molecule has 0 bridgehead atoms. The molecule has 0 N–H and O–H groups in total. The Morgan fingerprint density at radius 2 is 1.85 bits per heavy atom. The molecule has 0 unspecified atom stereocenters.